The van der Waals surface area contributed by atoms with Gasteiger partial charge in [0.1, 0.15) is 5.75 Å². The SMILES string of the molecule is CC#N.CC1(C)Cc2cc(NC(=O)COc3ccccc3)sc2C(C)(C)N1. The summed E-state index contributed by atoms with van der Waals surface area (Å²) in [6.07, 6.45) is 0.957. The largest absolute Gasteiger partial charge is 0.484 e. The zero-order chi connectivity index (χ0) is 20.1. The summed E-state index contributed by atoms with van der Waals surface area (Å²) >= 11 is 1.64. The number of fused-ring (bicyclic) bond motifs is 1. The molecule has 0 saturated carbocycles. The van der Waals surface area contributed by atoms with Crippen molar-refractivity contribution in [3.05, 3.63) is 46.8 Å². The van der Waals surface area contributed by atoms with Crippen LogP contribution in [0.5, 0.6) is 5.75 Å². The van der Waals surface area contributed by atoms with Gasteiger partial charge in [-0.15, -0.1) is 11.3 Å². The molecule has 144 valence electrons. The van der Waals surface area contributed by atoms with Gasteiger partial charge < -0.3 is 15.4 Å². The summed E-state index contributed by atoms with van der Waals surface area (Å²) in [6.45, 7) is 10.2. The number of thiophene rings is 1. The molecule has 3 rings (SSSR count). The molecule has 0 aliphatic carbocycles. The van der Waals surface area contributed by atoms with Crippen molar-refractivity contribution in [3.8, 4) is 11.8 Å². The second kappa shape index (κ2) is 8.55. The number of nitrogens with zero attached hydrogens (tertiary/aromatic N) is 1. The lowest BCUT2D eigenvalue weighted by atomic mass is 9.83. The Bertz CT molecular complexity index is 820. The second-order valence-electron chi connectivity index (χ2n) is 7.65. The van der Waals surface area contributed by atoms with E-state index < -0.39 is 0 Å². The van der Waals surface area contributed by atoms with Crippen LogP contribution >= 0.6 is 11.3 Å². The molecule has 0 bridgehead atoms. The molecule has 0 unspecified atom stereocenters. The van der Waals surface area contributed by atoms with Crippen molar-refractivity contribution >= 4 is 22.2 Å². The van der Waals surface area contributed by atoms with Crippen molar-refractivity contribution in [3.63, 3.8) is 0 Å². The molecule has 6 heteroatoms. The molecule has 2 N–H and O–H groups in total. The van der Waals surface area contributed by atoms with E-state index in [1.54, 1.807) is 17.4 Å². The van der Waals surface area contributed by atoms with Crippen LogP contribution in [0.4, 0.5) is 5.00 Å². The molecule has 0 atom stereocenters. The average molecular weight is 386 g/mol. The zero-order valence-corrected chi connectivity index (χ0v) is 17.4. The summed E-state index contributed by atoms with van der Waals surface area (Å²) in [7, 11) is 0. The Morgan fingerprint density at radius 3 is 2.56 bits per heavy atom. The maximum atomic E-state index is 12.1. The number of rotatable bonds is 4. The van der Waals surface area contributed by atoms with Gasteiger partial charge >= 0.3 is 0 Å². The van der Waals surface area contributed by atoms with Gasteiger partial charge in [0.15, 0.2) is 6.61 Å². The van der Waals surface area contributed by atoms with E-state index in [-0.39, 0.29) is 23.6 Å². The average Bonchev–Trinajstić information content (AvgIpc) is 2.96. The molecular formula is C21H27N3O2S. The van der Waals surface area contributed by atoms with Gasteiger partial charge in [-0.3, -0.25) is 4.79 Å². The summed E-state index contributed by atoms with van der Waals surface area (Å²) in [6, 6.07) is 13.2. The highest BCUT2D eigenvalue weighted by Gasteiger charge is 2.38. The monoisotopic (exact) mass is 385 g/mol. The van der Waals surface area contributed by atoms with Gasteiger partial charge in [0.05, 0.1) is 11.1 Å². The van der Waals surface area contributed by atoms with Crippen LogP contribution in [-0.4, -0.2) is 18.1 Å². The summed E-state index contributed by atoms with van der Waals surface area (Å²) in [5.74, 6) is 0.563. The highest BCUT2D eigenvalue weighted by molar-refractivity contribution is 7.16. The minimum atomic E-state index is -0.137. The smallest absolute Gasteiger partial charge is 0.262 e. The van der Waals surface area contributed by atoms with E-state index in [0.717, 1.165) is 11.4 Å². The van der Waals surface area contributed by atoms with Crippen LogP contribution in [0.15, 0.2) is 36.4 Å². The molecule has 1 amide bonds. The van der Waals surface area contributed by atoms with Gasteiger partial charge in [-0.2, -0.15) is 5.26 Å². The number of anilines is 1. The molecule has 0 fully saturated rings. The fourth-order valence-electron chi connectivity index (χ4n) is 3.41. The first-order chi connectivity index (χ1) is 12.7. The number of nitriles is 1. The van der Waals surface area contributed by atoms with Gasteiger partial charge in [0.25, 0.3) is 5.91 Å². The van der Waals surface area contributed by atoms with Crippen molar-refractivity contribution < 1.29 is 9.53 Å². The maximum absolute atomic E-state index is 12.1. The first-order valence-electron chi connectivity index (χ1n) is 8.88. The van der Waals surface area contributed by atoms with E-state index in [0.29, 0.717) is 5.75 Å². The lowest BCUT2D eigenvalue weighted by molar-refractivity contribution is -0.118. The molecule has 5 nitrogen and oxygen atoms in total. The topological polar surface area (TPSA) is 74.2 Å². The van der Waals surface area contributed by atoms with Gasteiger partial charge in [0.2, 0.25) is 0 Å². The van der Waals surface area contributed by atoms with Crippen molar-refractivity contribution in [2.24, 2.45) is 0 Å². The summed E-state index contributed by atoms with van der Waals surface area (Å²) in [5, 5.41) is 14.8. The van der Waals surface area contributed by atoms with Crippen molar-refractivity contribution in [2.45, 2.75) is 52.1 Å². The number of para-hydroxylation sites is 1. The first kappa shape index (κ1) is 20.9. The zero-order valence-electron chi connectivity index (χ0n) is 16.6. The predicted molar refractivity (Wildman–Crippen MR) is 110 cm³/mol. The molecular weight excluding hydrogens is 358 g/mol. The fourth-order valence-corrected chi connectivity index (χ4v) is 4.57. The molecule has 1 aliphatic heterocycles. The van der Waals surface area contributed by atoms with E-state index in [4.69, 9.17) is 10.00 Å². The molecule has 0 spiro atoms. The molecule has 2 heterocycles. The number of benzene rings is 1. The molecule has 2 aromatic rings. The van der Waals surface area contributed by atoms with Crippen LogP contribution in [-0.2, 0) is 16.8 Å². The van der Waals surface area contributed by atoms with Crippen LogP contribution in [0, 0.1) is 11.3 Å². The van der Waals surface area contributed by atoms with E-state index in [1.165, 1.54) is 17.4 Å². The van der Waals surface area contributed by atoms with Gasteiger partial charge in [-0.05, 0) is 57.9 Å². The van der Waals surface area contributed by atoms with Crippen LogP contribution in [0.1, 0.15) is 45.1 Å². The Hall–Kier alpha value is -2.36. The van der Waals surface area contributed by atoms with Crippen molar-refractivity contribution in [1.82, 2.24) is 5.32 Å². The Kier molecular flexibility index (Phi) is 6.63. The van der Waals surface area contributed by atoms with Crippen molar-refractivity contribution in [1.29, 1.82) is 5.26 Å². The van der Waals surface area contributed by atoms with E-state index >= 15 is 0 Å². The molecule has 27 heavy (non-hydrogen) atoms. The molecule has 1 aromatic heterocycles. The van der Waals surface area contributed by atoms with Crippen LogP contribution in [0.3, 0.4) is 0 Å². The van der Waals surface area contributed by atoms with Crippen LogP contribution in [0.25, 0.3) is 0 Å². The summed E-state index contributed by atoms with van der Waals surface area (Å²) in [4.78, 5) is 13.4. The molecule has 1 aromatic carbocycles. The third kappa shape index (κ3) is 5.81. The highest BCUT2D eigenvalue weighted by Crippen LogP contribution is 2.41. The lowest BCUT2D eigenvalue weighted by Crippen LogP contribution is -2.54. The Balaban J connectivity index is 0.000000817. The quantitative estimate of drug-likeness (QED) is 0.815. The number of ether oxygens (including phenoxy) is 1. The number of hydrogen-bond donors (Lipinski definition) is 2. The van der Waals surface area contributed by atoms with Crippen molar-refractivity contribution in [2.75, 3.05) is 11.9 Å². The summed E-state index contributed by atoms with van der Waals surface area (Å²) < 4.78 is 5.50. The highest BCUT2D eigenvalue weighted by atomic mass is 32.1. The number of hydrogen-bond acceptors (Lipinski definition) is 5. The number of amides is 1. The number of carbonyl (C=O) groups excluding carboxylic acids is 1. The third-order valence-electron chi connectivity index (χ3n) is 4.04. The fraction of sp³-hybridized carbons (Fsp3) is 0.429. The lowest BCUT2D eigenvalue weighted by Gasteiger charge is -2.42. The normalized spacial score (nSPS) is 16.1. The van der Waals surface area contributed by atoms with E-state index in [2.05, 4.69) is 44.4 Å². The summed E-state index contributed by atoms with van der Waals surface area (Å²) in [5.41, 5.74) is 1.27. The second-order valence-corrected chi connectivity index (χ2v) is 8.70. The Morgan fingerprint density at radius 1 is 1.30 bits per heavy atom. The molecule has 0 saturated heterocycles. The third-order valence-corrected chi connectivity index (χ3v) is 5.45. The standard InChI is InChI=1S/C19H24N2O2S.C2H3N/c1-18(2)11-13-10-16(24-17(13)19(3,4)21-18)20-15(22)12-23-14-8-6-5-7-9-14;1-2-3/h5-10,21H,11-12H2,1-4H3,(H,20,22);1H3. The first-order valence-corrected chi connectivity index (χ1v) is 9.69. The number of carbonyl (C=O) groups is 1. The number of nitrogens with one attached hydrogen (secondary N) is 2. The predicted octanol–water partition coefficient (Wildman–Crippen LogP) is 4.45. The van der Waals surface area contributed by atoms with Gasteiger partial charge in [-0.1, -0.05) is 18.2 Å². The minimum absolute atomic E-state index is 0.0136. The van der Waals surface area contributed by atoms with Crippen LogP contribution < -0.4 is 15.4 Å². The molecule has 0 radical (unpaired) electrons. The minimum Gasteiger partial charge on any atom is -0.484 e. The van der Waals surface area contributed by atoms with E-state index in [1.807, 2.05) is 30.3 Å². The van der Waals surface area contributed by atoms with Gasteiger partial charge in [-0.25, -0.2) is 0 Å². The van der Waals surface area contributed by atoms with E-state index in [9.17, 15) is 4.79 Å². The Labute approximate surface area is 165 Å². The van der Waals surface area contributed by atoms with Gasteiger partial charge in [0, 0.05) is 22.9 Å². The molecule has 1 aliphatic rings. The maximum Gasteiger partial charge on any atom is 0.262 e. The Morgan fingerprint density at radius 2 is 1.93 bits per heavy atom. The van der Waals surface area contributed by atoms with Crippen LogP contribution in [0.2, 0.25) is 0 Å².